The molecule has 23 heavy (non-hydrogen) atoms. The number of nitrogens with zero attached hydrogens (tertiary/aromatic N) is 2. The minimum absolute atomic E-state index is 0.0744. The molecular weight excluding hydrogens is 296 g/mol. The molecule has 1 aromatic rings. The van der Waals surface area contributed by atoms with Crippen molar-refractivity contribution in [3.05, 3.63) is 42.7 Å². The first-order valence-electron chi connectivity index (χ1n) is 7.66. The summed E-state index contributed by atoms with van der Waals surface area (Å²) in [7, 11) is 0. The molecule has 2 heterocycles. The molecule has 0 radical (unpaired) electrons. The molecule has 2 amide bonds. The average molecular weight is 318 g/mol. The quantitative estimate of drug-likeness (QED) is 0.814. The number of allylic oxidation sites excluding steroid dienone is 1. The summed E-state index contributed by atoms with van der Waals surface area (Å²) in [6.07, 6.45) is 3.21. The van der Waals surface area contributed by atoms with Gasteiger partial charge in [0.05, 0.1) is 18.1 Å². The zero-order chi connectivity index (χ0) is 17.0. The lowest BCUT2D eigenvalue weighted by Gasteiger charge is -2.28. The zero-order valence-corrected chi connectivity index (χ0v) is 13.4. The Morgan fingerprint density at radius 1 is 1.61 bits per heavy atom. The molecule has 0 bridgehead atoms. The summed E-state index contributed by atoms with van der Waals surface area (Å²) in [6.45, 7) is 7.68. The molecule has 0 unspecified atom stereocenters. The van der Waals surface area contributed by atoms with Crippen molar-refractivity contribution < 1.29 is 19.4 Å². The Labute approximate surface area is 135 Å². The largest absolute Gasteiger partial charge is 0.447 e. The van der Waals surface area contributed by atoms with Gasteiger partial charge in [-0.1, -0.05) is 26.0 Å². The fourth-order valence-corrected chi connectivity index (χ4v) is 2.69. The first kappa shape index (κ1) is 17.1. The molecular formula is C17H22N2O4. The number of imide groups is 1. The molecule has 0 aromatic carbocycles. The van der Waals surface area contributed by atoms with Crippen LogP contribution in [0.1, 0.15) is 31.9 Å². The normalized spacial score (nSPS) is 20.3. The SMILES string of the molecule is C=CC[C@H](C(=O)N1C(=O)OC[C@@H]1C(C)C)[C@H](O)c1cccnc1. The second-order valence-electron chi connectivity index (χ2n) is 5.96. The Bertz CT molecular complexity index is 573. The van der Waals surface area contributed by atoms with Gasteiger partial charge < -0.3 is 9.84 Å². The number of amides is 2. The number of cyclic esters (lactones) is 1. The molecule has 0 aliphatic carbocycles. The summed E-state index contributed by atoms with van der Waals surface area (Å²) in [4.78, 5) is 29.9. The fraction of sp³-hybridized carbons (Fsp3) is 0.471. The lowest BCUT2D eigenvalue weighted by Crippen LogP contribution is -2.46. The predicted octanol–water partition coefficient (Wildman–Crippen LogP) is 2.31. The topological polar surface area (TPSA) is 79.7 Å². The molecule has 124 valence electrons. The van der Waals surface area contributed by atoms with Gasteiger partial charge in [0.25, 0.3) is 0 Å². The maximum Gasteiger partial charge on any atom is 0.416 e. The van der Waals surface area contributed by atoms with Gasteiger partial charge in [0.1, 0.15) is 6.61 Å². The van der Waals surface area contributed by atoms with E-state index in [4.69, 9.17) is 4.74 Å². The second-order valence-corrected chi connectivity index (χ2v) is 5.96. The molecule has 1 N–H and O–H groups in total. The van der Waals surface area contributed by atoms with Crippen molar-refractivity contribution in [1.29, 1.82) is 0 Å². The van der Waals surface area contributed by atoms with Crippen LogP contribution in [0.25, 0.3) is 0 Å². The Morgan fingerprint density at radius 3 is 2.91 bits per heavy atom. The number of hydrogen-bond acceptors (Lipinski definition) is 5. The molecule has 0 saturated carbocycles. The molecule has 1 fully saturated rings. The molecule has 2 rings (SSSR count). The van der Waals surface area contributed by atoms with Crippen LogP contribution in [0, 0.1) is 11.8 Å². The van der Waals surface area contributed by atoms with E-state index in [1.807, 2.05) is 13.8 Å². The van der Waals surface area contributed by atoms with Crippen LogP contribution in [0.15, 0.2) is 37.2 Å². The van der Waals surface area contributed by atoms with Gasteiger partial charge in [0, 0.05) is 12.4 Å². The Kier molecular flexibility index (Phi) is 5.50. The number of hydrogen-bond donors (Lipinski definition) is 1. The van der Waals surface area contributed by atoms with E-state index in [2.05, 4.69) is 11.6 Å². The highest BCUT2D eigenvalue weighted by Gasteiger charge is 2.43. The number of carbonyl (C=O) groups is 2. The average Bonchev–Trinajstić information content (AvgIpc) is 2.94. The van der Waals surface area contributed by atoms with E-state index in [-0.39, 0.29) is 25.0 Å². The van der Waals surface area contributed by atoms with Gasteiger partial charge >= 0.3 is 6.09 Å². The Morgan fingerprint density at radius 2 is 2.35 bits per heavy atom. The van der Waals surface area contributed by atoms with Crippen molar-refractivity contribution in [3.8, 4) is 0 Å². The number of ether oxygens (including phenoxy) is 1. The van der Waals surface area contributed by atoms with Gasteiger partial charge in [-0.2, -0.15) is 0 Å². The van der Waals surface area contributed by atoms with Crippen molar-refractivity contribution in [3.63, 3.8) is 0 Å². The van der Waals surface area contributed by atoms with Crippen molar-refractivity contribution in [2.75, 3.05) is 6.61 Å². The van der Waals surface area contributed by atoms with Crippen LogP contribution in [0.2, 0.25) is 0 Å². The van der Waals surface area contributed by atoms with Crippen LogP contribution in [-0.4, -0.2) is 39.6 Å². The van der Waals surface area contributed by atoms with E-state index < -0.39 is 24.0 Å². The van der Waals surface area contributed by atoms with Crippen molar-refractivity contribution >= 4 is 12.0 Å². The summed E-state index contributed by atoms with van der Waals surface area (Å²) >= 11 is 0. The third-order valence-corrected chi connectivity index (χ3v) is 4.06. The number of pyridine rings is 1. The molecule has 6 nitrogen and oxygen atoms in total. The van der Waals surface area contributed by atoms with Crippen molar-refractivity contribution in [1.82, 2.24) is 9.88 Å². The van der Waals surface area contributed by atoms with Crippen LogP contribution in [0.4, 0.5) is 4.79 Å². The van der Waals surface area contributed by atoms with Crippen molar-refractivity contribution in [2.45, 2.75) is 32.4 Å². The lowest BCUT2D eigenvalue weighted by molar-refractivity contribution is -0.137. The number of aromatic nitrogens is 1. The zero-order valence-electron chi connectivity index (χ0n) is 13.4. The number of rotatable bonds is 6. The lowest BCUT2D eigenvalue weighted by atomic mass is 9.91. The number of aliphatic hydroxyl groups excluding tert-OH is 1. The Hall–Kier alpha value is -2.21. The van der Waals surface area contributed by atoms with Gasteiger partial charge in [-0.3, -0.25) is 9.78 Å². The van der Waals surface area contributed by atoms with E-state index in [9.17, 15) is 14.7 Å². The maximum atomic E-state index is 12.9. The third-order valence-electron chi connectivity index (χ3n) is 4.06. The minimum atomic E-state index is -1.06. The third kappa shape index (κ3) is 3.59. The van der Waals surface area contributed by atoms with Gasteiger partial charge in [0.2, 0.25) is 5.91 Å². The van der Waals surface area contributed by atoms with Crippen molar-refractivity contribution in [2.24, 2.45) is 11.8 Å². The number of carbonyl (C=O) groups excluding carboxylic acids is 2. The smallest absolute Gasteiger partial charge is 0.416 e. The maximum absolute atomic E-state index is 12.9. The van der Waals surface area contributed by atoms with Gasteiger partial charge in [-0.15, -0.1) is 6.58 Å². The van der Waals surface area contributed by atoms with E-state index in [0.29, 0.717) is 5.56 Å². The fourth-order valence-electron chi connectivity index (χ4n) is 2.69. The predicted molar refractivity (Wildman–Crippen MR) is 84.3 cm³/mol. The molecule has 3 atom stereocenters. The molecule has 1 saturated heterocycles. The molecule has 1 aromatic heterocycles. The van der Waals surface area contributed by atoms with Crippen LogP contribution in [0.3, 0.4) is 0 Å². The van der Waals surface area contributed by atoms with Gasteiger partial charge in [-0.25, -0.2) is 9.69 Å². The van der Waals surface area contributed by atoms with E-state index in [0.717, 1.165) is 4.90 Å². The summed E-state index contributed by atoms with van der Waals surface area (Å²) in [5.41, 5.74) is 0.529. The summed E-state index contributed by atoms with van der Waals surface area (Å²) < 4.78 is 5.02. The highest BCUT2D eigenvalue weighted by Crippen LogP contribution is 2.30. The standard InChI is InChI=1S/C17H22N2O4/c1-4-6-13(15(20)12-7-5-8-18-9-12)16(21)19-14(11(2)3)10-23-17(19)22/h4-5,7-9,11,13-15,20H,1,6,10H2,2-3H3/t13-,14+,15+/m0/s1. The second kappa shape index (κ2) is 7.37. The highest BCUT2D eigenvalue weighted by molar-refractivity contribution is 5.95. The molecule has 1 aliphatic heterocycles. The summed E-state index contributed by atoms with van der Waals surface area (Å²) in [5, 5.41) is 10.6. The molecule has 1 aliphatic rings. The Balaban J connectivity index is 2.27. The van der Waals surface area contributed by atoms with Crippen LogP contribution in [0.5, 0.6) is 0 Å². The van der Waals surface area contributed by atoms with Crippen LogP contribution in [-0.2, 0) is 9.53 Å². The minimum Gasteiger partial charge on any atom is -0.447 e. The monoisotopic (exact) mass is 318 g/mol. The first-order chi connectivity index (χ1) is 11.0. The van der Waals surface area contributed by atoms with Gasteiger partial charge in [0.15, 0.2) is 0 Å². The van der Waals surface area contributed by atoms with Gasteiger partial charge in [-0.05, 0) is 24.0 Å². The summed E-state index contributed by atoms with van der Waals surface area (Å²) in [6, 6.07) is 3.07. The van der Waals surface area contributed by atoms with E-state index in [1.165, 1.54) is 6.20 Å². The van der Waals surface area contributed by atoms with Crippen LogP contribution >= 0.6 is 0 Å². The first-order valence-corrected chi connectivity index (χ1v) is 7.66. The molecule has 0 spiro atoms. The van der Waals surface area contributed by atoms with E-state index in [1.54, 1.807) is 24.4 Å². The van der Waals surface area contributed by atoms with Crippen LogP contribution < -0.4 is 0 Å². The summed E-state index contributed by atoms with van der Waals surface area (Å²) in [5.74, 6) is -1.17. The highest BCUT2D eigenvalue weighted by atomic mass is 16.6. The number of aliphatic hydroxyl groups is 1. The van der Waals surface area contributed by atoms with E-state index >= 15 is 0 Å². The molecule has 6 heteroatoms.